The molecule has 2 nitrogen and oxygen atoms in total. The summed E-state index contributed by atoms with van der Waals surface area (Å²) >= 11 is 0. The molecule has 0 radical (unpaired) electrons. The van der Waals surface area contributed by atoms with E-state index in [1.54, 1.807) is 6.07 Å². The lowest BCUT2D eigenvalue weighted by Crippen LogP contribution is -2.12. The maximum atomic E-state index is 13.5. The van der Waals surface area contributed by atoms with Crippen molar-refractivity contribution >= 4 is 0 Å². The fraction of sp³-hybridized carbons (Fsp3) is 0.250. The molecule has 5 heteroatoms. The van der Waals surface area contributed by atoms with Crippen LogP contribution in [0.4, 0.5) is 13.2 Å². The average Bonchev–Trinajstić information content (AvgIpc) is 2.43. The van der Waals surface area contributed by atoms with E-state index < -0.39 is 17.5 Å². The quantitative estimate of drug-likeness (QED) is 0.875. The summed E-state index contributed by atoms with van der Waals surface area (Å²) in [6.45, 7) is 3.16. The third-order valence-electron chi connectivity index (χ3n) is 2.92. The summed E-state index contributed by atoms with van der Waals surface area (Å²) in [5.41, 5.74) is 0.959. The maximum Gasteiger partial charge on any atom is 0.132 e. The molecule has 0 bridgehead atoms. The van der Waals surface area contributed by atoms with E-state index in [4.69, 9.17) is 4.74 Å². The molecule has 0 saturated heterocycles. The van der Waals surface area contributed by atoms with Crippen molar-refractivity contribution < 1.29 is 17.9 Å². The summed E-state index contributed by atoms with van der Waals surface area (Å²) < 4.78 is 45.1. The molecular formula is C16H16F3NO. The molecule has 112 valence electrons. The second-order valence-electron chi connectivity index (χ2n) is 4.60. The zero-order chi connectivity index (χ0) is 15.2. The molecule has 0 atom stereocenters. The Labute approximate surface area is 121 Å². The van der Waals surface area contributed by atoms with Gasteiger partial charge in [-0.05, 0) is 36.4 Å². The van der Waals surface area contributed by atoms with E-state index in [0.29, 0.717) is 12.3 Å². The molecule has 2 rings (SSSR count). The Hall–Kier alpha value is -2.01. The number of nitrogens with one attached hydrogen (secondary N) is 1. The maximum absolute atomic E-state index is 13.5. The van der Waals surface area contributed by atoms with Crippen LogP contribution < -0.4 is 10.1 Å². The minimum absolute atomic E-state index is 0.0871. The van der Waals surface area contributed by atoms with Crippen LogP contribution in [0, 0.1) is 17.5 Å². The Balaban J connectivity index is 2.07. The molecule has 1 N–H and O–H groups in total. The third kappa shape index (κ3) is 4.49. The normalized spacial score (nSPS) is 10.7. The smallest absolute Gasteiger partial charge is 0.132 e. The standard InChI is InChI=1S/C16H16F3NO/c1-2-20-9-11-5-14(18)7-15(6-11)21-10-12-3-4-13(17)8-16(12)19/h3-8,20H,2,9-10H2,1H3. The van der Waals surface area contributed by atoms with Crippen LogP contribution in [0.15, 0.2) is 36.4 Å². The highest BCUT2D eigenvalue weighted by atomic mass is 19.1. The van der Waals surface area contributed by atoms with Gasteiger partial charge in [0.1, 0.15) is 29.8 Å². The number of halogens is 3. The van der Waals surface area contributed by atoms with Crippen LogP contribution in [-0.2, 0) is 13.2 Å². The van der Waals surface area contributed by atoms with Crippen molar-refractivity contribution in [3.8, 4) is 5.75 Å². The number of hydrogen-bond donors (Lipinski definition) is 1. The molecule has 0 amide bonds. The summed E-state index contributed by atoms with van der Waals surface area (Å²) in [7, 11) is 0. The van der Waals surface area contributed by atoms with Gasteiger partial charge in [0.15, 0.2) is 0 Å². The van der Waals surface area contributed by atoms with E-state index in [2.05, 4.69) is 5.32 Å². The van der Waals surface area contributed by atoms with Crippen molar-refractivity contribution in [3.63, 3.8) is 0 Å². The van der Waals surface area contributed by atoms with Gasteiger partial charge in [0.2, 0.25) is 0 Å². The van der Waals surface area contributed by atoms with Crippen LogP contribution in [0.1, 0.15) is 18.1 Å². The van der Waals surface area contributed by atoms with Crippen LogP contribution in [0.5, 0.6) is 5.75 Å². The Morgan fingerprint density at radius 2 is 1.81 bits per heavy atom. The molecule has 0 aliphatic heterocycles. The van der Waals surface area contributed by atoms with Gasteiger partial charge in [-0.15, -0.1) is 0 Å². The number of hydrogen-bond acceptors (Lipinski definition) is 2. The molecule has 2 aromatic rings. The van der Waals surface area contributed by atoms with E-state index in [-0.39, 0.29) is 12.2 Å². The molecular weight excluding hydrogens is 279 g/mol. The molecule has 0 heterocycles. The van der Waals surface area contributed by atoms with Gasteiger partial charge in [0, 0.05) is 24.2 Å². The molecule has 21 heavy (non-hydrogen) atoms. The highest BCUT2D eigenvalue weighted by Gasteiger charge is 2.06. The lowest BCUT2D eigenvalue weighted by Gasteiger charge is -2.10. The summed E-state index contributed by atoms with van der Waals surface area (Å²) in [4.78, 5) is 0. The minimum Gasteiger partial charge on any atom is -0.489 e. The Morgan fingerprint density at radius 3 is 2.52 bits per heavy atom. The molecule has 0 aliphatic rings. The molecule has 0 fully saturated rings. The summed E-state index contributed by atoms with van der Waals surface area (Å²) in [6.07, 6.45) is 0. The van der Waals surface area contributed by atoms with E-state index in [1.165, 1.54) is 18.2 Å². The van der Waals surface area contributed by atoms with Gasteiger partial charge in [0.05, 0.1) is 0 Å². The summed E-state index contributed by atoms with van der Waals surface area (Å²) in [5.74, 6) is -1.43. The fourth-order valence-corrected chi connectivity index (χ4v) is 1.88. The highest BCUT2D eigenvalue weighted by molar-refractivity contribution is 5.30. The van der Waals surface area contributed by atoms with Crippen LogP contribution in [-0.4, -0.2) is 6.54 Å². The number of benzene rings is 2. The van der Waals surface area contributed by atoms with Crippen molar-refractivity contribution in [2.75, 3.05) is 6.54 Å². The van der Waals surface area contributed by atoms with Crippen LogP contribution in [0.2, 0.25) is 0 Å². The third-order valence-corrected chi connectivity index (χ3v) is 2.92. The van der Waals surface area contributed by atoms with E-state index in [9.17, 15) is 13.2 Å². The van der Waals surface area contributed by atoms with Crippen molar-refractivity contribution in [1.82, 2.24) is 5.32 Å². The predicted molar refractivity (Wildman–Crippen MR) is 74.5 cm³/mol. The van der Waals surface area contributed by atoms with Crippen molar-refractivity contribution in [1.29, 1.82) is 0 Å². The van der Waals surface area contributed by atoms with Crippen LogP contribution in [0.3, 0.4) is 0 Å². The molecule has 2 aromatic carbocycles. The molecule has 0 spiro atoms. The fourth-order valence-electron chi connectivity index (χ4n) is 1.88. The van der Waals surface area contributed by atoms with Gasteiger partial charge in [-0.25, -0.2) is 13.2 Å². The Kier molecular flexibility index (Phi) is 5.22. The van der Waals surface area contributed by atoms with Crippen LogP contribution >= 0.6 is 0 Å². The second kappa shape index (κ2) is 7.13. The topological polar surface area (TPSA) is 21.3 Å². The number of rotatable bonds is 6. The van der Waals surface area contributed by atoms with Crippen molar-refractivity contribution in [3.05, 3.63) is 65.0 Å². The first kappa shape index (κ1) is 15.4. The van der Waals surface area contributed by atoms with E-state index in [0.717, 1.165) is 24.2 Å². The highest BCUT2D eigenvalue weighted by Crippen LogP contribution is 2.19. The van der Waals surface area contributed by atoms with Crippen molar-refractivity contribution in [2.45, 2.75) is 20.1 Å². The molecule has 0 unspecified atom stereocenters. The van der Waals surface area contributed by atoms with Gasteiger partial charge < -0.3 is 10.1 Å². The van der Waals surface area contributed by atoms with Gasteiger partial charge in [0.25, 0.3) is 0 Å². The molecule has 0 aromatic heterocycles. The lowest BCUT2D eigenvalue weighted by molar-refractivity contribution is 0.297. The van der Waals surface area contributed by atoms with E-state index in [1.807, 2.05) is 6.92 Å². The summed E-state index contributed by atoms with van der Waals surface area (Å²) in [6, 6.07) is 7.59. The Bertz CT molecular complexity index is 616. The second-order valence-corrected chi connectivity index (χ2v) is 4.60. The van der Waals surface area contributed by atoms with Gasteiger partial charge in [-0.2, -0.15) is 0 Å². The monoisotopic (exact) mass is 295 g/mol. The lowest BCUT2D eigenvalue weighted by atomic mass is 10.2. The predicted octanol–water partition coefficient (Wildman–Crippen LogP) is 3.79. The Morgan fingerprint density at radius 1 is 1.00 bits per heavy atom. The van der Waals surface area contributed by atoms with Crippen molar-refractivity contribution in [2.24, 2.45) is 0 Å². The zero-order valence-corrected chi connectivity index (χ0v) is 11.6. The minimum atomic E-state index is -0.681. The summed E-state index contributed by atoms with van der Waals surface area (Å²) in [5, 5.41) is 3.08. The van der Waals surface area contributed by atoms with Gasteiger partial charge in [-0.3, -0.25) is 0 Å². The average molecular weight is 295 g/mol. The van der Waals surface area contributed by atoms with Gasteiger partial charge >= 0.3 is 0 Å². The molecule has 0 aliphatic carbocycles. The zero-order valence-electron chi connectivity index (χ0n) is 11.6. The largest absolute Gasteiger partial charge is 0.489 e. The first-order chi connectivity index (χ1) is 10.1. The van der Waals surface area contributed by atoms with Gasteiger partial charge in [-0.1, -0.05) is 6.92 Å². The molecule has 0 saturated carbocycles. The SMILES string of the molecule is CCNCc1cc(F)cc(OCc2ccc(F)cc2F)c1. The number of ether oxygens (including phenoxy) is 1. The van der Waals surface area contributed by atoms with Crippen LogP contribution in [0.25, 0.3) is 0 Å². The first-order valence-electron chi connectivity index (χ1n) is 6.65. The van der Waals surface area contributed by atoms with E-state index >= 15 is 0 Å². The first-order valence-corrected chi connectivity index (χ1v) is 6.65.